The summed E-state index contributed by atoms with van der Waals surface area (Å²) in [6.07, 6.45) is 2.47. The number of anilines is 1. The second kappa shape index (κ2) is 9.83. The molecular weight excluding hydrogens is 470 g/mol. The molecule has 0 fully saturated rings. The van der Waals surface area contributed by atoms with E-state index in [1.165, 1.54) is 24.1 Å². The van der Waals surface area contributed by atoms with E-state index in [9.17, 15) is 14.7 Å². The van der Waals surface area contributed by atoms with Gasteiger partial charge in [-0.15, -0.1) is 0 Å². The molecule has 0 aliphatic heterocycles. The van der Waals surface area contributed by atoms with Crippen LogP contribution < -0.4 is 10.9 Å². The van der Waals surface area contributed by atoms with Crippen molar-refractivity contribution in [3.8, 4) is 5.75 Å². The third-order valence-corrected chi connectivity index (χ3v) is 6.09. The summed E-state index contributed by atoms with van der Waals surface area (Å²) in [4.78, 5) is 33.8. The highest BCUT2D eigenvalue weighted by atomic mass is 35.5. The molecule has 0 aliphatic rings. The Morgan fingerprint density at radius 3 is 2.54 bits per heavy atom. The van der Waals surface area contributed by atoms with Gasteiger partial charge >= 0.3 is 0 Å². The molecule has 0 saturated carbocycles. The van der Waals surface area contributed by atoms with Crippen molar-refractivity contribution in [1.29, 1.82) is 0 Å². The van der Waals surface area contributed by atoms with Crippen LogP contribution in [0, 0.1) is 6.57 Å². The molecule has 4 rings (SSSR count). The quantitative estimate of drug-likeness (QED) is 0.373. The lowest BCUT2D eigenvalue weighted by molar-refractivity contribution is 0.101. The van der Waals surface area contributed by atoms with Gasteiger partial charge in [0.15, 0.2) is 11.4 Å². The van der Waals surface area contributed by atoms with Crippen LogP contribution in [0.4, 0.5) is 11.4 Å². The van der Waals surface area contributed by atoms with E-state index in [1.54, 1.807) is 24.3 Å². The van der Waals surface area contributed by atoms with Gasteiger partial charge in [-0.3, -0.25) is 14.2 Å². The van der Waals surface area contributed by atoms with E-state index in [1.807, 2.05) is 31.2 Å². The molecule has 0 bridgehead atoms. The van der Waals surface area contributed by atoms with Gasteiger partial charge < -0.3 is 14.9 Å². The van der Waals surface area contributed by atoms with Gasteiger partial charge in [-0.25, -0.2) is 9.83 Å². The molecule has 2 atom stereocenters. The van der Waals surface area contributed by atoms with E-state index in [0.29, 0.717) is 16.3 Å². The normalized spacial score (nSPS) is 12.5. The first-order valence-electron chi connectivity index (χ1n) is 10.5. The van der Waals surface area contributed by atoms with E-state index in [2.05, 4.69) is 20.3 Å². The zero-order valence-electron chi connectivity index (χ0n) is 18.8. The largest absolute Gasteiger partial charge is 0.501 e. The molecule has 0 spiro atoms. The molecule has 0 saturated heterocycles. The summed E-state index contributed by atoms with van der Waals surface area (Å²) in [5.74, 6) is -2.36. The fraction of sp³-hybridized carbons (Fsp3) is 0.160. The summed E-state index contributed by atoms with van der Waals surface area (Å²) in [5, 5.41) is 16.9. The van der Waals surface area contributed by atoms with Crippen molar-refractivity contribution in [1.82, 2.24) is 14.7 Å². The molecule has 10 heteroatoms. The van der Waals surface area contributed by atoms with E-state index in [-0.39, 0.29) is 11.5 Å². The molecule has 9 nitrogen and oxygen atoms in total. The van der Waals surface area contributed by atoms with Crippen LogP contribution >= 0.6 is 11.6 Å². The van der Waals surface area contributed by atoms with Crippen LogP contribution in [0.15, 0.2) is 70.3 Å². The summed E-state index contributed by atoms with van der Waals surface area (Å²) in [6.45, 7) is 9.48. The maximum atomic E-state index is 12.9. The molecule has 1 amide bonds. The maximum Gasteiger partial charge on any atom is 0.296 e. The molecule has 4 aromatic rings. The Balaban J connectivity index is 1.89. The average Bonchev–Trinajstić information content (AvgIpc) is 3.37. The minimum Gasteiger partial charge on any atom is -0.501 e. The maximum absolute atomic E-state index is 12.9. The molecule has 0 aliphatic carbocycles. The number of aromatic nitrogens is 3. The van der Waals surface area contributed by atoms with Gasteiger partial charge in [0, 0.05) is 23.9 Å². The van der Waals surface area contributed by atoms with Crippen LogP contribution in [0.3, 0.4) is 0 Å². The number of nitrogens with one attached hydrogen (secondary N) is 1. The number of hydrogen-bond donors (Lipinski definition) is 2. The van der Waals surface area contributed by atoms with Crippen molar-refractivity contribution in [2.45, 2.75) is 18.8 Å². The monoisotopic (exact) mass is 489 g/mol. The third kappa shape index (κ3) is 4.52. The van der Waals surface area contributed by atoms with E-state index in [4.69, 9.17) is 22.7 Å². The average molecular weight is 490 g/mol. The molecule has 2 aromatic heterocycles. The third-order valence-electron chi connectivity index (χ3n) is 5.75. The zero-order chi connectivity index (χ0) is 25.1. The predicted octanol–water partition coefficient (Wildman–Crippen LogP) is 4.87. The highest BCUT2D eigenvalue weighted by Crippen LogP contribution is 2.43. The Hall–Kier alpha value is -4.42. The molecule has 2 heterocycles. The number of hydrogen-bond acceptors (Lipinski definition) is 6. The summed E-state index contributed by atoms with van der Waals surface area (Å²) >= 11 is 6.57. The number of rotatable bonds is 6. The SMILES string of the molecule is [C-]#[N+]c1ccccc1[C@@H](c1ccccc1Cl)[C@H](C)c1nc(C(=O)Nc2cnoc2)c(O)c(=O)n1C. The van der Waals surface area contributed by atoms with Crippen molar-refractivity contribution in [3.05, 3.63) is 110 Å². The fourth-order valence-electron chi connectivity index (χ4n) is 4.06. The van der Waals surface area contributed by atoms with Crippen LogP contribution in [0.25, 0.3) is 4.85 Å². The Bertz CT molecular complexity index is 1490. The molecule has 2 N–H and O–H groups in total. The molecule has 2 aromatic carbocycles. The lowest BCUT2D eigenvalue weighted by Gasteiger charge is -2.28. The number of benzene rings is 2. The standard InChI is InChI=1S/C25H20ClN5O4/c1-14(20(16-8-4-6-10-18(16)26)17-9-5-7-11-19(17)27-2)23-30-21(22(32)25(34)31(23)3)24(33)29-15-12-28-35-13-15/h4-14,20,32H,1,3H3,(H,29,33)/t14-,20+/m0/s1. The summed E-state index contributed by atoms with van der Waals surface area (Å²) in [5.41, 5.74) is 0.877. The highest BCUT2D eigenvalue weighted by molar-refractivity contribution is 6.31. The number of para-hydroxylation sites is 1. The highest BCUT2D eigenvalue weighted by Gasteiger charge is 2.31. The Kier molecular flexibility index (Phi) is 6.66. The number of aromatic hydroxyl groups is 1. The van der Waals surface area contributed by atoms with Gasteiger partial charge in [-0.2, -0.15) is 0 Å². The first kappa shape index (κ1) is 23.7. The number of halogens is 1. The first-order chi connectivity index (χ1) is 16.8. The van der Waals surface area contributed by atoms with E-state index in [0.717, 1.165) is 5.56 Å². The van der Waals surface area contributed by atoms with Gasteiger partial charge in [0.25, 0.3) is 11.5 Å². The lowest BCUT2D eigenvalue weighted by Crippen LogP contribution is -2.29. The first-order valence-corrected chi connectivity index (χ1v) is 10.9. The second-order valence-electron chi connectivity index (χ2n) is 7.86. The van der Waals surface area contributed by atoms with Gasteiger partial charge in [-0.05, 0) is 17.2 Å². The van der Waals surface area contributed by atoms with E-state index < -0.39 is 34.7 Å². The van der Waals surface area contributed by atoms with Gasteiger partial charge in [0.05, 0.1) is 12.8 Å². The summed E-state index contributed by atoms with van der Waals surface area (Å²) in [6, 6.07) is 14.4. The summed E-state index contributed by atoms with van der Waals surface area (Å²) in [7, 11) is 1.47. The van der Waals surface area contributed by atoms with Crippen molar-refractivity contribution < 1.29 is 14.4 Å². The van der Waals surface area contributed by atoms with Crippen LogP contribution in [0.5, 0.6) is 5.75 Å². The van der Waals surface area contributed by atoms with Gasteiger partial charge in [0.2, 0.25) is 5.75 Å². The van der Waals surface area contributed by atoms with Gasteiger partial charge in [-0.1, -0.05) is 66.1 Å². The summed E-state index contributed by atoms with van der Waals surface area (Å²) < 4.78 is 5.89. The smallest absolute Gasteiger partial charge is 0.296 e. The van der Waals surface area contributed by atoms with Crippen molar-refractivity contribution in [3.63, 3.8) is 0 Å². The lowest BCUT2D eigenvalue weighted by atomic mass is 9.80. The van der Waals surface area contributed by atoms with Crippen LogP contribution in [-0.4, -0.2) is 25.7 Å². The minimum atomic E-state index is -0.798. The number of nitrogens with zero attached hydrogens (tertiary/aromatic N) is 4. The van der Waals surface area contributed by atoms with Crippen molar-refractivity contribution in [2.75, 3.05) is 5.32 Å². The van der Waals surface area contributed by atoms with Crippen LogP contribution in [0.2, 0.25) is 5.02 Å². The second-order valence-corrected chi connectivity index (χ2v) is 8.26. The predicted molar refractivity (Wildman–Crippen MR) is 130 cm³/mol. The number of amides is 1. The van der Waals surface area contributed by atoms with E-state index >= 15 is 0 Å². The zero-order valence-corrected chi connectivity index (χ0v) is 19.5. The van der Waals surface area contributed by atoms with Crippen molar-refractivity contribution in [2.24, 2.45) is 7.05 Å². The topological polar surface area (TPSA) is 115 Å². The van der Waals surface area contributed by atoms with Gasteiger partial charge in [0.1, 0.15) is 17.8 Å². The molecule has 0 radical (unpaired) electrons. The van der Waals surface area contributed by atoms with Crippen molar-refractivity contribution >= 4 is 28.9 Å². The molecule has 0 unspecified atom stereocenters. The number of carbonyl (C=O) groups excluding carboxylic acids is 1. The fourth-order valence-corrected chi connectivity index (χ4v) is 4.32. The van der Waals surface area contributed by atoms with Crippen LogP contribution in [-0.2, 0) is 7.05 Å². The van der Waals surface area contributed by atoms with Crippen LogP contribution in [0.1, 0.15) is 46.2 Å². The Morgan fingerprint density at radius 1 is 1.20 bits per heavy atom. The minimum absolute atomic E-state index is 0.230. The Morgan fingerprint density at radius 2 is 1.89 bits per heavy atom. The molecular formula is C25H20ClN5O4. The molecule has 35 heavy (non-hydrogen) atoms. The number of carbonyl (C=O) groups is 1. The Labute approximate surface area is 205 Å². The molecule has 176 valence electrons.